The van der Waals surface area contributed by atoms with Crippen molar-refractivity contribution >= 4 is 0 Å². The van der Waals surface area contributed by atoms with Crippen LogP contribution in [0, 0.1) is 6.92 Å². The van der Waals surface area contributed by atoms with E-state index in [0.717, 1.165) is 0 Å². The van der Waals surface area contributed by atoms with Crippen molar-refractivity contribution in [1.82, 2.24) is 0 Å². The average Bonchev–Trinajstić information content (AvgIpc) is 1.58. The molecule has 0 atom stereocenters. The van der Waals surface area contributed by atoms with Crippen molar-refractivity contribution in [3.05, 3.63) is 6.92 Å². The smallest absolute Gasteiger partial charge is 0.158 e. The Morgan fingerprint density at radius 3 is 1.36 bits per heavy atom. The topological polar surface area (TPSA) is 18.5 Å². The van der Waals surface area contributed by atoms with Gasteiger partial charge in [0.25, 0.3) is 0 Å². The van der Waals surface area contributed by atoms with Gasteiger partial charge in [0.05, 0.1) is 12.2 Å². The zero-order valence-corrected chi connectivity index (χ0v) is 9.32. The van der Waals surface area contributed by atoms with Gasteiger partial charge in [-0.05, 0) is 27.7 Å². The third-order valence-electron chi connectivity index (χ3n) is 0.848. The quantitative estimate of drug-likeness (QED) is 0.502. The largest absolute Gasteiger partial charge is 0.350 e. The summed E-state index contributed by atoms with van der Waals surface area (Å²) in [5, 5.41) is 0. The molecule has 0 amide bonds. The summed E-state index contributed by atoms with van der Waals surface area (Å²) < 4.78 is 10.5. The fraction of sp³-hybridized carbons (Fsp3) is 0.875. The van der Waals surface area contributed by atoms with Gasteiger partial charge >= 0.3 is 0 Å². The molecule has 0 aromatic rings. The number of hydrogen-bond donors (Lipinski definition) is 0. The molecule has 0 aliphatic carbocycles. The van der Waals surface area contributed by atoms with E-state index in [2.05, 4.69) is 6.92 Å². The van der Waals surface area contributed by atoms with Crippen LogP contribution in [0.4, 0.5) is 0 Å². The molecule has 0 bridgehead atoms. The summed E-state index contributed by atoms with van der Waals surface area (Å²) in [7, 11) is 0. The predicted molar refractivity (Wildman–Crippen MR) is 41.6 cm³/mol. The van der Waals surface area contributed by atoms with E-state index in [1.807, 2.05) is 27.7 Å². The molecule has 0 aromatic heterocycles. The van der Waals surface area contributed by atoms with Crippen LogP contribution in [0.5, 0.6) is 0 Å². The van der Waals surface area contributed by atoms with Gasteiger partial charge in [-0.3, -0.25) is 0 Å². The molecule has 0 saturated heterocycles. The maximum atomic E-state index is 5.23. The molecule has 0 aliphatic rings. The summed E-state index contributed by atoms with van der Waals surface area (Å²) in [6.07, 6.45) is 0.0301. The number of hydrogen-bond acceptors (Lipinski definition) is 2. The molecule has 0 N–H and O–H groups in total. The van der Waals surface area contributed by atoms with Gasteiger partial charge in [-0.15, -0.1) is 0 Å². The minimum Gasteiger partial charge on any atom is -0.350 e. The van der Waals surface area contributed by atoms with Crippen molar-refractivity contribution in [2.24, 2.45) is 0 Å². The van der Waals surface area contributed by atoms with Crippen LogP contribution < -0.4 is 0 Å². The van der Waals surface area contributed by atoms with Crippen LogP contribution in [0.1, 0.15) is 27.7 Å². The first-order valence-electron chi connectivity index (χ1n) is 3.66. The summed E-state index contributed by atoms with van der Waals surface area (Å²) in [6.45, 7) is 11.5. The van der Waals surface area contributed by atoms with Gasteiger partial charge in [-0.1, -0.05) is 0 Å². The van der Waals surface area contributed by atoms with Gasteiger partial charge in [0.15, 0.2) is 6.29 Å². The normalized spacial score (nSPS) is 10.9. The van der Waals surface area contributed by atoms with Gasteiger partial charge in [-0.25, -0.2) is 0 Å². The zero-order chi connectivity index (χ0) is 8.15. The molecule has 0 aliphatic heterocycles. The number of ether oxygens (including phenoxy) is 2. The van der Waals surface area contributed by atoms with Gasteiger partial charge in [0.1, 0.15) is 0 Å². The predicted octanol–water partition coefficient (Wildman–Crippen LogP) is 1.99. The van der Waals surface area contributed by atoms with Crippen LogP contribution in [0.25, 0.3) is 0 Å². The standard InChI is InChI=1S/C8H17O2.Ti/c1-6(2)9-8(5)10-7(3)4;/h6-8H,5H2,1-4H3;. The average molecular weight is 193 g/mol. The number of rotatable bonds is 4. The molecule has 0 spiro atoms. The molecule has 0 unspecified atom stereocenters. The van der Waals surface area contributed by atoms with Crippen LogP contribution in [-0.2, 0) is 31.2 Å². The molecule has 0 fully saturated rings. The van der Waals surface area contributed by atoms with Crippen molar-refractivity contribution in [2.45, 2.75) is 46.2 Å². The molecule has 2 nitrogen and oxygen atoms in total. The van der Waals surface area contributed by atoms with Gasteiger partial charge in [0.2, 0.25) is 0 Å². The molecular formula is C8H17O2Ti. The third-order valence-corrected chi connectivity index (χ3v) is 0.848. The molecule has 65 valence electrons. The first kappa shape index (κ1) is 14.2. The van der Waals surface area contributed by atoms with E-state index in [9.17, 15) is 0 Å². The Kier molecular flexibility index (Phi) is 9.40. The third kappa shape index (κ3) is 10.6. The van der Waals surface area contributed by atoms with Crippen LogP contribution >= 0.6 is 0 Å². The Balaban J connectivity index is 0. The summed E-state index contributed by atoms with van der Waals surface area (Å²) in [4.78, 5) is 0. The molecule has 0 rings (SSSR count). The Labute approximate surface area is 84.5 Å². The fourth-order valence-corrected chi connectivity index (χ4v) is 0.639. The van der Waals surface area contributed by atoms with E-state index in [-0.39, 0.29) is 40.2 Å². The Bertz CT molecular complexity index is 74.2. The fourth-order valence-electron chi connectivity index (χ4n) is 0.639. The van der Waals surface area contributed by atoms with E-state index in [1.165, 1.54) is 0 Å². The second-order valence-corrected chi connectivity index (χ2v) is 2.80. The zero-order valence-electron chi connectivity index (χ0n) is 7.76. The van der Waals surface area contributed by atoms with Gasteiger partial charge in [-0.2, -0.15) is 0 Å². The van der Waals surface area contributed by atoms with Crippen molar-refractivity contribution < 1.29 is 31.2 Å². The second-order valence-electron chi connectivity index (χ2n) is 2.80. The minimum absolute atomic E-state index is 0. The monoisotopic (exact) mass is 193 g/mol. The summed E-state index contributed by atoms with van der Waals surface area (Å²) in [5.74, 6) is 0. The second kappa shape index (κ2) is 7.29. The van der Waals surface area contributed by atoms with Crippen LogP contribution in [0.2, 0.25) is 0 Å². The molecular weight excluding hydrogens is 176 g/mol. The van der Waals surface area contributed by atoms with E-state index in [4.69, 9.17) is 9.47 Å². The van der Waals surface area contributed by atoms with Crippen molar-refractivity contribution in [1.29, 1.82) is 0 Å². The van der Waals surface area contributed by atoms with Gasteiger partial charge in [0, 0.05) is 28.6 Å². The van der Waals surface area contributed by atoms with Crippen molar-refractivity contribution in [2.75, 3.05) is 0 Å². The van der Waals surface area contributed by atoms with E-state index < -0.39 is 0 Å². The van der Waals surface area contributed by atoms with Crippen LogP contribution in [0.15, 0.2) is 0 Å². The van der Waals surface area contributed by atoms with Crippen molar-refractivity contribution in [3.63, 3.8) is 0 Å². The Hall–Kier alpha value is 0.634. The van der Waals surface area contributed by atoms with Gasteiger partial charge < -0.3 is 9.47 Å². The summed E-state index contributed by atoms with van der Waals surface area (Å²) >= 11 is 0. The summed E-state index contributed by atoms with van der Waals surface area (Å²) in [6, 6.07) is 0. The van der Waals surface area contributed by atoms with Crippen LogP contribution in [0.3, 0.4) is 0 Å². The molecule has 0 aromatic carbocycles. The van der Waals surface area contributed by atoms with E-state index >= 15 is 0 Å². The molecule has 1 radical (unpaired) electrons. The Morgan fingerprint density at radius 1 is 0.909 bits per heavy atom. The molecule has 0 heterocycles. The van der Waals surface area contributed by atoms with E-state index in [1.54, 1.807) is 0 Å². The summed E-state index contributed by atoms with van der Waals surface area (Å²) in [5.41, 5.74) is 0. The maximum Gasteiger partial charge on any atom is 0.158 e. The van der Waals surface area contributed by atoms with Crippen molar-refractivity contribution in [3.8, 4) is 0 Å². The first-order chi connectivity index (χ1) is 4.52. The molecule has 11 heavy (non-hydrogen) atoms. The SMILES string of the molecule is [CH2]C(OC(C)C)OC(C)C.[Ti]. The van der Waals surface area contributed by atoms with E-state index in [0.29, 0.717) is 0 Å². The minimum atomic E-state index is -0.333. The Morgan fingerprint density at radius 2 is 1.18 bits per heavy atom. The molecule has 0 saturated carbocycles. The van der Waals surface area contributed by atoms with Crippen LogP contribution in [-0.4, -0.2) is 18.5 Å². The first-order valence-corrected chi connectivity index (χ1v) is 3.66. The molecule has 3 heteroatoms. The maximum absolute atomic E-state index is 5.23.